The highest BCUT2D eigenvalue weighted by Gasteiger charge is 2.40. The summed E-state index contributed by atoms with van der Waals surface area (Å²) in [6, 6.07) is 8.95. The third-order valence-electron chi connectivity index (χ3n) is 6.28. The number of carbonyl (C=O) groups excluding carboxylic acids is 3. The molecule has 0 bridgehead atoms. The van der Waals surface area contributed by atoms with Crippen LogP contribution in [0.2, 0.25) is 0 Å². The van der Waals surface area contributed by atoms with Crippen molar-refractivity contribution in [3.8, 4) is 11.6 Å². The molecule has 11 heteroatoms. The molecule has 1 N–H and O–H groups in total. The second-order valence-corrected chi connectivity index (χ2v) is 8.29. The maximum absolute atomic E-state index is 13.5. The van der Waals surface area contributed by atoms with Crippen molar-refractivity contribution in [1.82, 2.24) is 24.6 Å². The first-order valence-electron chi connectivity index (χ1n) is 11.2. The maximum atomic E-state index is 13.5. The zero-order valence-corrected chi connectivity index (χ0v) is 19.0. The number of carbonyl (C=O) groups is 3. The van der Waals surface area contributed by atoms with Gasteiger partial charge >= 0.3 is 0 Å². The highest BCUT2D eigenvalue weighted by Crippen LogP contribution is 2.41. The molecule has 4 heterocycles. The van der Waals surface area contributed by atoms with Crippen LogP contribution in [0.4, 0.5) is 10.1 Å². The van der Waals surface area contributed by atoms with Gasteiger partial charge in [-0.2, -0.15) is 5.10 Å². The third-order valence-corrected chi connectivity index (χ3v) is 6.28. The van der Waals surface area contributed by atoms with Crippen LogP contribution >= 0.6 is 0 Å². The molecule has 10 nitrogen and oxygen atoms in total. The van der Waals surface area contributed by atoms with Crippen LogP contribution < -0.4 is 10.1 Å². The summed E-state index contributed by atoms with van der Waals surface area (Å²) in [5, 5.41) is 7.06. The van der Waals surface area contributed by atoms with Gasteiger partial charge in [-0.1, -0.05) is 18.2 Å². The van der Waals surface area contributed by atoms with Crippen molar-refractivity contribution in [3.05, 3.63) is 65.9 Å². The average Bonchev–Trinajstić information content (AvgIpc) is 3.54. The maximum Gasteiger partial charge on any atom is 0.290 e. The van der Waals surface area contributed by atoms with E-state index in [2.05, 4.69) is 15.4 Å². The Balaban J connectivity index is 1.32. The van der Waals surface area contributed by atoms with Crippen molar-refractivity contribution in [2.75, 3.05) is 45.2 Å². The molecule has 0 spiro atoms. The Kier molecular flexibility index (Phi) is 5.89. The van der Waals surface area contributed by atoms with Gasteiger partial charge in [-0.05, 0) is 12.1 Å². The van der Waals surface area contributed by atoms with Crippen molar-refractivity contribution in [2.45, 2.75) is 5.92 Å². The number of benzene rings is 1. The largest absolute Gasteiger partial charge is 0.495 e. The summed E-state index contributed by atoms with van der Waals surface area (Å²) >= 11 is 0. The number of piperazine rings is 1. The predicted octanol–water partition coefficient (Wildman–Crippen LogP) is 1.48. The second-order valence-electron chi connectivity index (χ2n) is 8.29. The van der Waals surface area contributed by atoms with E-state index < -0.39 is 23.4 Å². The molecular formula is C24H23FN6O4. The monoisotopic (exact) mass is 478 g/mol. The van der Waals surface area contributed by atoms with Gasteiger partial charge in [0, 0.05) is 43.9 Å². The van der Waals surface area contributed by atoms with E-state index in [0.29, 0.717) is 41.5 Å². The number of aromatic nitrogens is 3. The molecule has 0 aliphatic carbocycles. The number of nitrogens with one attached hydrogen (secondary N) is 1. The Bertz CT molecular complexity index is 1290. The first-order valence-corrected chi connectivity index (χ1v) is 11.2. The van der Waals surface area contributed by atoms with Gasteiger partial charge in [0.2, 0.25) is 5.78 Å². The van der Waals surface area contributed by atoms with Gasteiger partial charge in [0.15, 0.2) is 11.6 Å². The molecule has 180 valence electrons. The molecule has 2 aliphatic heterocycles. The number of anilines is 1. The summed E-state index contributed by atoms with van der Waals surface area (Å²) in [5.41, 5.74) is 1.55. The minimum absolute atomic E-state index is 0.0993. The molecule has 0 saturated carbocycles. The van der Waals surface area contributed by atoms with E-state index in [1.165, 1.54) is 29.1 Å². The molecule has 1 saturated heterocycles. The number of ketones is 1. The number of Topliss-reactive ketones (excluding diaryl/α,β-unsaturated/α-hetero) is 1. The summed E-state index contributed by atoms with van der Waals surface area (Å²) < 4.78 is 20.2. The van der Waals surface area contributed by atoms with Gasteiger partial charge in [-0.25, -0.2) is 14.1 Å². The number of rotatable bonds is 5. The Morgan fingerprint density at radius 1 is 1.06 bits per heavy atom. The van der Waals surface area contributed by atoms with Crippen LogP contribution in [0, 0.1) is 5.82 Å². The lowest BCUT2D eigenvalue weighted by Crippen LogP contribution is -2.52. The fourth-order valence-corrected chi connectivity index (χ4v) is 4.48. The first kappa shape index (κ1) is 22.5. The van der Waals surface area contributed by atoms with Crippen molar-refractivity contribution in [3.63, 3.8) is 0 Å². The zero-order chi connectivity index (χ0) is 24.5. The minimum atomic E-state index is -0.793. The van der Waals surface area contributed by atoms with E-state index in [4.69, 9.17) is 4.74 Å². The Hall–Kier alpha value is -4.28. The lowest BCUT2D eigenvalue weighted by atomic mass is 9.95. The smallest absolute Gasteiger partial charge is 0.290 e. The number of fused-ring (bicyclic) bond motifs is 1. The van der Waals surface area contributed by atoms with Gasteiger partial charge in [0.25, 0.3) is 11.8 Å². The van der Waals surface area contributed by atoms with Gasteiger partial charge in [-0.15, -0.1) is 0 Å². The molecule has 1 fully saturated rings. The quantitative estimate of drug-likeness (QED) is 0.553. The first-order chi connectivity index (χ1) is 17.0. The number of nitrogens with zero attached hydrogens (tertiary/aromatic N) is 5. The van der Waals surface area contributed by atoms with Crippen LogP contribution in [0.3, 0.4) is 0 Å². The van der Waals surface area contributed by atoms with Crippen LogP contribution in [0.25, 0.3) is 5.82 Å². The van der Waals surface area contributed by atoms with Crippen molar-refractivity contribution < 1.29 is 23.5 Å². The minimum Gasteiger partial charge on any atom is -0.495 e. The van der Waals surface area contributed by atoms with Crippen LogP contribution in [0.15, 0.2) is 48.9 Å². The summed E-state index contributed by atoms with van der Waals surface area (Å²) in [5.74, 6) is -1.95. The van der Waals surface area contributed by atoms with Gasteiger partial charge in [0.05, 0.1) is 37.3 Å². The zero-order valence-electron chi connectivity index (χ0n) is 19.0. The fourth-order valence-electron chi connectivity index (χ4n) is 4.48. The van der Waals surface area contributed by atoms with Crippen molar-refractivity contribution in [1.29, 1.82) is 0 Å². The molecule has 1 atom stereocenters. The predicted molar refractivity (Wildman–Crippen MR) is 123 cm³/mol. The normalized spacial score (nSPS) is 17.0. The fraction of sp³-hybridized carbons (Fsp3) is 0.292. The number of hydrogen-bond acceptors (Lipinski definition) is 7. The van der Waals surface area contributed by atoms with E-state index in [9.17, 15) is 18.8 Å². The lowest BCUT2D eigenvalue weighted by molar-refractivity contribution is -0.146. The topological polar surface area (TPSA) is 110 Å². The number of halogens is 1. The van der Waals surface area contributed by atoms with Crippen LogP contribution in [0.1, 0.15) is 21.8 Å². The number of ether oxygens (including phenoxy) is 1. The van der Waals surface area contributed by atoms with Gasteiger partial charge < -0.3 is 19.9 Å². The highest BCUT2D eigenvalue weighted by atomic mass is 19.1. The Labute approximate surface area is 200 Å². The molecule has 1 aromatic carbocycles. The number of hydrogen-bond donors (Lipinski definition) is 1. The van der Waals surface area contributed by atoms with E-state index in [1.807, 2.05) is 6.07 Å². The molecular weight excluding hydrogens is 455 g/mol. The standard InChI is InChI=1S/C24H23FN6O4/c1-35-18-13-27-22(31-14-16(25)11-28-31)20-19(18)17(12-26-20)21(32)24(34)30-9-7-29(8-10-30)23(33)15-5-3-2-4-6-15/h2-6,11,13-14,17,26H,7-10,12H2,1H3. The molecule has 2 amide bonds. The molecule has 2 aliphatic rings. The summed E-state index contributed by atoms with van der Waals surface area (Å²) in [4.78, 5) is 46.5. The molecule has 1 unspecified atom stereocenters. The Morgan fingerprint density at radius 3 is 2.43 bits per heavy atom. The van der Waals surface area contributed by atoms with Crippen LogP contribution in [-0.4, -0.2) is 82.0 Å². The van der Waals surface area contributed by atoms with Gasteiger partial charge in [-0.3, -0.25) is 14.4 Å². The Morgan fingerprint density at radius 2 is 1.77 bits per heavy atom. The van der Waals surface area contributed by atoms with E-state index in [1.54, 1.807) is 29.2 Å². The summed E-state index contributed by atoms with van der Waals surface area (Å²) in [6.07, 6.45) is 3.66. The number of pyridine rings is 1. The number of methoxy groups -OCH3 is 1. The summed E-state index contributed by atoms with van der Waals surface area (Å²) in [6.45, 7) is 1.39. The van der Waals surface area contributed by atoms with E-state index >= 15 is 0 Å². The molecule has 2 aromatic heterocycles. The lowest BCUT2D eigenvalue weighted by Gasteiger charge is -2.34. The van der Waals surface area contributed by atoms with Crippen molar-refractivity contribution in [2.24, 2.45) is 0 Å². The van der Waals surface area contributed by atoms with E-state index in [-0.39, 0.29) is 25.5 Å². The molecule has 3 aromatic rings. The van der Waals surface area contributed by atoms with Gasteiger partial charge in [0.1, 0.15) is 5.75 Å². The molecule has 35 heavy (non-hydrogen) atoms. The van der Waals surface area contributed by atoms with Crippen molar-refractivity contribution >= 4 is 23.3 Å². The molecule has 5 rings (SSSR count). The summed E-state index contributed by atoms with van der Waals surface area (Å²) in [7, 11) is 1.45. The van der Waals surface area contributed by atoms with E-state index in [0.717, 1.165) is 6.20 Å². The highest BCUT2D eigenvalue weighted by molar-refractivity contribution is 6.38. The SMILES string of the molecule is COc1cnc(-n2cc(F)cn2)c2c1C(C(=O)C(=O)N1CCN(C(=O)c3ccccc3)CC1)CN2. The van der Waals surface area contributed by atoms with Crippen LogP contribution in [0.5, 0.6) is 5.75 Å². The average molecular weight is 478 g/mol. The van der Waals surface area contributed by atoms with Crippen LogP contribution in [-0.2, 0) is 9.59 Å². The second kappa shape index (κ2) is 9.16. The molecule has 0 radical (unpaired) electrons. The number of amides is 2. The third kappa shape index (κ3) is 4.09.